The van der Waals surface area contributed by atoms with Crippen LogP contribution < -0.4 is 5.32 Å². The number of hydrogen-bond donors (Lipinski definition) is 1. The number of hydrogen-bond acceptors (Lipinski definition) is 4. The Kier molecular flexibility index (Phi) is 6.36. The molecule has 1 rings (SSSR count). The minimum absolute atomic E-state index is 0.145. The molecule has 0 aromatic rings. The van der Waals surface area contributed by atoms with Crippen molar-refractivity contribution in [3.8, 4) is 0 Å². The van der Waals surface area contributed by atoms with Crippen molar-refractivity contribution in [3.05, 3.63) is 0 Å². The second-order valence-corrected chi connectivity index (χ2v) is 3.92. The maximum Gasteiger partial charge on any atom is 0.306 e. The Hall–Kier alpha value is -0.610. The molecule has 15 heavy (non-hydrogen) atoms. The van der Waals surface area contributed by atoms with Gasteiger partial charge in [-0.15, -0.1) is 0 Å². The zero-order valence-electron chi connectivity index (χ0n) is 9.46. The predicted octanol–water partition coefficient (Wildman–Crippen LogP) is 0.956. The quantitative estimate of drug-likeness (QED) is 0.529. The molecule has 0 aromatic heterocycles. The highest BCUT2D eigenvalue weighted by atomic mass is 16.5. The van der Waals surface area contributed by atoms with Crippen molar-refractivity contribution in [2.24, 2.45) is 5.92 Å². The Bertz CT molecular complexity index is 179. The van der Waals surface area contributed by atoms with E-state index in [1.807, 2.05) is 0 Å². The Labute approximate surface area is 91.3 Å². The van der Waals surface area contributed by atoms with Crippen molar-refractivity contribution in [1.82, 2.24) is 5.32 Å². The molecule has 1 fully saturated rings. The third-order valence-electron chi connectivity index (χ3n) is 2.80. The van der Waals surface area contributed by atoms with Crippen molar-refractivity contribution in [1.29, 1.82) is 0 Å². The summed E-state index contributed by atoms with van der Waals surface area (Å²) < 4.78 is 9.84. The fraction of sp³-hybridized carbons (Fsp3) is 0.909. The molecular formula is C11H21NO3. The van der Waals surface area contributed by atoms with Crippen LogP contribution in [0.1, 0.15) is 25.7 Å². The molecule has 1 aliphatic heterocycles. The number of nitrogens with one attached hydrogen (secondary N) is 1. The van der Waals surface area contributed by atoms with Gasteiger partial charge in [-0.05, 0) is 31.7 Å². The Balaban J connectivity index is 1.89. The van der Waals surface area contributed by atoms with Crippen LogP contribution in [0.25, 0.3) is 0 Å². The van der Waals surface area contributed by atoms with Gasteiger partial charge in [0.15, 0.2) is 0 Å². The highest BCUT2D eigenvalue weighted by Gasteiger charge is 2.12. The summed E-state index contributed by atoms with van der Waals surface area (Å²) in [6, 6.07) is 0. The number of ether oxygens (including phenoxy) is 2. The van der Waals surface area contributed by atoms with Crippen molar-refractivity contribution >= 4 is 5.97 Å². The van der Waals surface area contributed by atoms with E-state index >= 15 is 0 Å². The third-order valence-corrected chi connectivity index (χ3v) is 2.80. The fourth-order valence-electron chi connectivity index (χ4n) is 1.76. The molecule has 4 heteroatoms. The van der Waals surface area contributed by atoms with Crippen LogP contribution in [0.4, 0.5) is 0 Å². The molecule has 0 aromatic carbocycles. The van der Waals surface area contributed by atoms with Gasteiger partial charge in [-0.1, -0.05) is 0 Å². The lowest BCUT2D eigenvalue weighted by Crippen LogP contribution is -2.24. The molecular weight excluding hydrogens is 194 g/mol. The lowest BCUT2D eigenvalue weighted by molar-refractivity contribution is -0.140. The molecule has 0 radical (unpaired) electrons. The Morgan fingerprint density at radius 3 is 2.80 bits per heavy atom. The molecule has 0 spiro atoms. The van der Waals surface area contributed by atoms with Crippen LogP contribution in [0, 0.1) is 5.92 Å². The molecule has 0 bridgehead atoms. The maximum atomic E-state index is 10.8. The Morgan fingerprint density at radius 2 is 2.13 bits per heavy atom. The van der Waals surface area contributed by atoms with Gasteiger partial charge in [0.05, 0.1) is 13.5 Å². The zero-order valence-corrected chi connectivity index (χ0v) is 9.46. The van der Waals surface area contributed by atoms with Gasteiger partial charge >= 0.3 is 5.97 Å². The predicted molar refractivity (Wildman–Crippen MR) is 57.7 cm³/mol. The molecule has 1 N–H and O–H groups in total. The lowest BCUT2D eigenvalue weighted by Gasteiger charge is -2.21. The van der Waals surface area contributed by atoms with Gasteiger partial charge in [-0.25, -0.2) is 0 Å². The molecule has 0 atom stereocenters. The molecule has 1 aliphatic rings. The maximum absolute atomic E-state index is 10.8. The van der Waals surface area contributed by atoms with Crippen LogP contribution in [-0.2, 0) is 14.3 Å². The van der Waals surface area contributed by atoms with E-state index in [1.54, 1.807) is 0 Å². The third kappa shape index (κ3) is 5.74. The monoisotopic (exact) mass is 215 g/mol. The van der Waals surface area contributed by atoms with Crippen LogP contribution in [-0.4, -0.2) is 39.4 Å². The SMILES string of the molecule is COC(=O)CCNCCC1CCOCC1. The molecule has 4 nitrogen and oxygen atoms in total. The fourth-order valence-corrected chi connectivity index (χ4v) is 1.76. The summed E-state index contributed by atoms with van der Waals surface area (Å²) in [6.07, 6.45) is 4.01. The molecule has 1 heterocycles. The first-order valence-electron chi connectivity index (χ1n) is 5.68. The normalized spacial score (nSPS) is 17.7. The Morgan fingerprint density at radius 1 is 1.40 bits per heavy atom. The molecule has 0 amide bonds. The van der Waals surface area contributed by atoms with Crippen molar-refractivity contribution < 1.29 is 14.3 Å². The smallest absolute Gasteiger partial charge is 0.306 e. The number of rotatable bonds is 6. The molecule has 1 saturated heterocycles. The van der Waals surface area contributed by atoms with Gasteiger partial charge in [-0.2, -0.15) is 0 Å². The summed E-state index contributed by atoms with van der Waals surface area (Å²) in [7, 11) is 1.42. The van der Waals surface area contributed by atoms with E-state index < -0.39 is 0 Å². The van der Waals surface area contributed by atoms with E-state index in [2.05, 4.69) is 10.1 Å². The second kappa shape index (κ2) is 7.65. The van der Waals surface area contributed by atoms with E-state index in [-0.39, 0.29) is 5.97 Å². The minimum Gasteiger partial charge on any atom is -0.469 e. The lowest BCUT2D eigenvalue weighted by atomic mass is 9.97. The van der Waals surface area contributed by atoms with Crippen LogP contribution in [0.15, 0.2) is 0 Å². The van der Waals surface area contributed by atoms with E-state index in [1.165, 1.54) is 26.4 Å². The van der Waals surface area contributed by atoms with Gasteiger partial charge in [0.1, 0.15) is 0 Å². The van der Waals surface area contributed by atoms with Crippen LogP contribution in [0.3, 0.4) is 0 Å². The van der Waals surface area contributed by atoms with Crippen LogP contribution in [0.2, 0.25) is 0 Å². The standard InChI is InChI=1S/C11H21NO3/c1-14-11(13)3-7-12-6-2-10-4-8-15-9-5-10/h10,12H,2-9H2,1H3. The van der Waals surface area contributed by atoms with E-state index in [4.69, 9.17) is 4.74 Å². The first-order chi connectivity index (χ1) is 7.33. The minimum atomic E-state index is -0.145. The number of carbonyl (C=O) groups excluding carboxylic acids is 1. The number of carbonyl (C=O) groups is 1. The van der Waals surface area contributed by atoms with Crippen molar-refractivity contribution in [2.75, 3.05) is 33.4 Å². The van der Waals surface area contributed by atoms with Crippen molar-refractivity contribution in [2.45, 2.75) is 25.7 Å². The van der Waals surface area contributed by atoms with Gasteiger partial charge in [0.2, 0.25) is 0 Å². The van der Waals surface area contributed by atoms with Gasteiger partial charge < -0.3 is 14.8 Å². The number of methoxy groups -OCH3 is 1. The summed E-state index contributed by atoms with van der Waals surface area (Å²) in [5.74, 6) is 0.651. The summed E-state index contributed by atoms with van der Waals surface area (Å²) in [5, 5.41) is 3.26. The zero-order chi connectivity index (χ0) is 10.9. The van der Waals surface area contributed by atoms with Gasteiger partial charge in [0.25, 0.3) is 0 Å². The summed E-state index contributed by atoms with van der Waals surface area (Å²) >= 11 is 0. The topological polar surface area (TPSA) is 47.6 Å². The average molecular weight is 215 g/mol. The highest BCUT2D eigenvalue weighted by molar-refractivity contribution is 5.69. The molecule has 0 saturated carbocycles. The van der Waals surface area contributed by atoms with Crippen LogP contribution in [0.5, 0.6) is 0 Å². The van der Waals surface area contributed by atoms with Gasteiger partial charge in [-0.3, -0.25) is 4.79 Å². The highest BCUT2D eigenvalue weighted by Crippen LogP contribution is 2.17. The number of esters is 1. The van der Waals surface area contributed by atoms with E-state index in [0.29, 0.717) is 6.42 Å². The first-order valence-corrected chi connectivity index (χ1v) is 5.68. The molecule has 88 valence electrons. The summed E-state index contributed by atoms with van der Waals surface area (Å²) in [5.41, 5.74) is 0. The summed E-state index contributed by atoms with van der Waals surface area (Å²) in [6.45, 7) is 3.53. The molecule has 0 aliphatic carbocycles. The second-order valence-electron chi connectivity index (χ2n) is 3.92. The average Bonchev–Trinajstić information content (AvgIpc) is 2.29. The van der Waals surface area contributed by atoms with E-state index in [9.17, 15) is 4.79 Å². The van der Waals surface area contributed by atoms with E-state index in [0.717, 1.165) is 32.2 Å². The first kappa shape index (κ1) is 12.5. The van der Waals surface area contributed by atoms with Crippen LogP contribution >= 0.6 is 0 Å². The molecule has 0 unspecified atom stereocenters. The van der Waals surface area contributed by atoms with Gasteiger partial charge in [0, 0.05) is 19.8 Å². The largest absolute Gasteiger partial charge is 0.469 e. The summed E-state index contributed by atoms with van der Waals surface area (Å²) in [4.78, 5) is 10.8. The van der Waals surface area contributed by atoms with Crippen molar-refractivity contribution in [3.63, 3.8) is 0 Å².